The van der Waals surface area contributed by atoms with Crippen LogP contribution in [-0.4, -0.2) is 73.7 Å². The topological polar surface area (TPSA) is 143 Å². The molecule has 49 heavy (non-hydrogen) atoms. The highest BCUT2D eigenvalue weighted by Gasteiger charge is 2.25. The van der Waals surface area contributed by atoms with Gasteiger partial charge in [-0.15, -0.1) is 0 Å². The Bertz CT molecular complexity index is 2350. The molecule has 1 aliphatic rings. The molecule has 1 aliphatic heterocycles. The number of nitriles is 2. The molecular weight excluding hydrogens is 659 g/mol. The van der Waals surface area contributed by atoms with Gasteiger partial charge in [-0.05, 0) is 75.1 Å². The summed E-state index contributed by atoms with van der Waals surface area (Å²) in [5.41, 5.74) is 6.21. The number of para-hydroxylation sites is 4. The number of halogens is 2. The zero-order chi connectivity index (χ0) is 34.5. The minimum atomic E-state index is 0.141. The number of rotatable bonds is 4. The van der Waals surface area contributed by atoms with E-state index in [1.807, 2.05) is 59.0 Å². The van der Waals surface area contributed by atoms with Crippen LogP contribution in [0.1, 0.15) is 28.2 Å². The Labute approximate surface area is 292 Å². The van der Waals surface area contributed by atoms with Crippen LogP contribution in [0.4, 0.5) is 5.82 Å². The zero-order valence-corrected chi connectivity index (χ0v) is 28.2. The zero-order valence-electron chi connectivity index (χ0n) is 26.7. The quantitative estimate of drug-likeness (QED) is 0.155. The molecule has 1 atom stereocenters. The number of hydrogen-bond donors (Lipinski definition) is 1. The van der Waals surface area contributed by atoms with E-state index < -0.39 is 0 Å². The third-order valence-electron chi connectivity index (χ3n) is 8.20. The molecule has 244 valence electrons. The van der Waals surface area contributed by atoms with E-state index in [-0.39, 0.29) is 10.3 Å². The van der Waals surface area contributed by atoms with Crippen molar-refractivity contribution in [2.45, 2.75) is 18.9 Å². The molecule has 5 aromatic heterocycles. The van der Waals surface area contributed by atoms with E-state index in [9.17, 15) is 10.1 Å². The first-order valence-corrected chi connectivity index (χ1v) is 16.2. The Balaban J connectivity index is 0.000000156. The van der Waals surface area contributed by atoms with Gasteiger partial charge in [-0.3, -0.25) is 9.20 Å². The number of imidazole rings is 2. The van der Waals surface area contributed by atoms with E-state index in [2.05, 4.69) is 68.1 Å². The molecule has 1 saturated heterocycles. The highest BCUT2D eigenvalue weighted by molar-refractivity contribution is 6.33. The lowest BCUT2D eigenvalue weighted by Crippen LogP contribution is -2.31. The summed E-state index contributed by atoms with van der Waals surface area (Å²) in [6, 6.07) is 29.6. The Hall–Kier alpha value is -5.59. The number of carbonyl (C=O) groups is 1. The number of carbonyl (C=O) groups excluding carboxylic acids is 1. The lowest BCUT2D eigenvalue weighted by Gasteiger charge is -2.21. The summed E-state index contributed by atoms with van der Waals surface area (Å²) in [6.07, 6.45) is 2.11. The number of aromatic nitrogens is 6. The molecule has 0 saturated carbocycles. The Morgan fingerprint density at radius 3 is 2.41 bits per heavy atom. The first-order valence-electron chi connectivity index (χ1n) is 15.4. The molecule has 1 N–H and O–H groups in total. The third-order valence-corrected chi connectivity index (χ3v) is 8.71. The summed E-state index contributed by atoms with van der Waals surface area (Å²) in [6.45, 7) is 1.99. The first-order chi connectivity index (χ1) is 23.8. The molecule has 8 rings (SSSR count). The highest BCUT2D eigenvalue weighted by atomic mass is 35.5. The van der Waals surface area contributed by atoms with Crippen molar-refractivity contribution in [3.05, 3.63) is 106 Å². The van der Waals surface area contributed by atoms with Crippen molar-refractivity contribution in [1.82, 2.24) is 34.2 Å². The second-order valence-electron chi connectivity index (χ2n) is 11.5. The van der Waals surface area contributed by atoms with Gasteiger partial charge >= 0.3 is 0 Å². The van der Waals surface area contributed by atoms with Gasteiger partial charge < -0.3 is 14.8 Å². The summed E-state index contributed by atoms with van der Waals surface area (Å²) in [5, 5.41) is 19.4. The largest absolute Gasteiger partial charge is 0.355 e. The predicted molar refractivity (Wildman–Crippen MR) is 192 cm³/mol. The molecule has 0 spiro atoms. The number of hydrogen-bond acceptors (Lipinski definition) is 9. The summed E-state index contributed by atoms with van der Waals surface area (Å²) < 4.78 is 2.02. The Morgan fingerprint density at radius 2 is 1.71 bits per heavy atom. The number of nitrogens with zero attached hydrogens (tertiary/aromatic N) is 9. The average Bonchev–Trinajstić information content (AvgIpc) is 3.86. The fourth-order valence-electron chi connectivity index (χ4n) is 5.69. The maximum absolute atomic E-state index is 10.2. The van der Waals surface area contributed by atoms with Crippen LogP contribution in [0, 0.1) is 22.7 Å². The van der Waals surface area contributed by atoms with Crippen LogP contribution in [0.3, 0.4) is 0 Å². The number of anilines is 1. The first kappa shape index (κ1) is 33.3. The second-order valence-corrected chi connectivity index (χ2v) is 12.3. The summed E-state index contributed by atoms with van der Waals surface area (Å²) in [4.78, 5) is 35.4. The predicted octanol–water partition coefficient (Wildman–Crippen LogP) is 6.88. The molecule has 13 heteroatoms. The highest BCUT2D eigenvalue weighted by Crippen LogP contribution is 2.28. The number of likely N-dealkylation sites (N-methyl/N-ethyl adjacent to an activating group) is 1. The van der Waals surface area contributed by atoms with E-state index >= 15 is 0 Å². The van der Waals surface area contributed by atoms with E-state index in [4.69, 9.17) is 33.4 Å². The van der Waals surface area contributed by atoms with Crippen molar-refractivity contribution in [3.63, 3.8) is 0 Å². The molecule has 0 radical (unpaired) electrons. The van der Waals surface area contributed by atoms with E-state index in [1.54, 1.807) is 0 Å². The number of nitrogens with one attached hydrogen (secondary N) is 1. The summed E-state index contributed by atoms with van der Waals surface area (Å²) in [7, 11) is 4.26. The molecule has 7 aromatic rings. The number of benzene rings is 2. The molecular formula is C36H30Cl2N10O. The number of pyridine rings is 3. The van der Waals surface area contributed by atoms with E-state index in [1.165, 1.54) is 12.1 Å². The molecule has 0 bridgehead atoms. The van der Waals surface area contributed by atoms with Crippen LogP contribution in [0.5, 0.6) is 0 Å². The maximum atomic E-state index is 10.2. The van der Waals surface area contributed by atoms with Crippen LogP contribution in [0.2, 0.25) is 10.3 Å². The van der Waals surface area contributed by atoms with Gasteiger partial charge in [0.1, 0.15) is 33.7 Å². The van der Waals surface area contributed by atoms with E-state index in [0.29, 0.717) is 35.5 Å². The fraction of sp³-hybridized carbons (Fsp3) is 0.194. The van der Waals surface area contributed by atoms with Crippen molar-refractivity contribution in [1.29, 1.82) is 10.5 Å². The molecule has 11 nitrogen and oxygen atoms in total. The standard InChI is InChI=1S/C21H20N6.C9H7N3.C6H3Cl2NO/c1-25(2)16-9-10-26(13-16)19-8-7-14-11-15(12-22)21-23-17-5-3-4-6-18(17)27(21)20(14)24-19;10-6-5-9-11-7-3-1-2-4-8(7)12-9;7-5-2-1-4(3-10)6(8)9-5/h3-8,11,16H,9-10,13H2,1-2H3;1-4H,5H2,(H,11,12);1-3H. The van der Waals surface area contributed by atoms with Gasteiger partial charge in [0, 0.05) is 24.5 Å². The molecule has 1 fully saturated rings. The lowest BCUT2D eigenvalue weighted by molar-refractivity contribution is 0.112. The number of fused-ring (bicyclic) bond motifs is 6. The van der Waals surface area contributed by atoms with Gasteiger partial charge in [-0.2, -0.15) is 10.5 Å². The number of H-pyrrole nitrogens is 1. The van der Waals surface area contributed by atoms with Gasteiger partial charge in [-0.25, -0.2) is 19.9 Å². The van der Waals surface area contributed by atoms with Gasteiger partial charge in [0.05, 0.1) is 45.7 Å². The van der Waals surface area contributed by atoms with Crippen LogP contribution in [0.25, 0.3) is 38.7 Å². The molecule has 6 heterocycles. The van der Waals surface area contributed by atoms with Crippen molar-refractivity contribution in [2.24, 2.45) is 0 Å². The van der Waals surface area contributed by atoms with Crippen LogP contribution < -0.4 is 4.90 Å². The maximum Gasteiger partial charge on any atom is 0.157 e. The Morgan fingerprint density at radius 1 is 0.939 bits per heavy atom. The number of aromatic amines is 1. The molecule has 2 aromatic carbocycles. The monoisotopic (exact) mass is 688 g/mol. The van der Waals surface area contributed by atoms with Gasteiger partial charge in [0.2, 0.25) is 0 Å². The SMILES string of the molecule is CN(C)C1CCN(c2ccc3cc(C#N)c4nc5ccccc5n4c3n2)C1.N#CCc1nc2ccccc2[nH]1.O=Cc1ccc(Cl)nc1Cl. The van der Waals surface area contributed by atoms with E-state index in [0.717, 1.165) is 64.3 Å². The third kappa shape index (κ3) is 7.15. The van der Waals surface area contributed by atoms with Crippen molar-refractivity contribution in [3.8, 4) is 12.1 Å². The number of aldehydes is 1. The van der Waals surface area contributed by atoms with Gasteiger partial charge in [0.25, 0.3) is 0 Å². The second kappa shape index (κ2) is 14.7. The van der Waals surface area contributed by atoms with Gasteiger partial charge in [-0.1, -0.05) is 47.5 Å². The summed E-state index contributed by atoms with van der Waals surface area (Å²) >= 11 is 11.0. The average molecular weight is 690 g/mol. The molecule has 0 amide bonds. The van der Waals surface area contributed by atoms with Crippen LogP contribution in [0.15, 0.2) is 78.9 Å². The fourth-order valence-corrected chi connectivity index (χ4v) is 6.08. The van der Waals surface area contributed by atoms with Crippen molar-refractivity contribution >= 4 is 74.1 Å². The smallest absolute Gasteiger partial charge is 0.157 e. The Kier molecular flexibility index (Phi) is 9.97. The van der Waals surface area contributed by atoms with Gasteiger partial charge in [0.15, 0.2) is 11.9 Å². The van der Waals surface area contributed by atoms with Crippen molar-refractivity contribution in [2.75, 3.05) is 32.1 Å². The minimum Gasteiger partial charge on any atom is -0.355 e. The lowest BCUT2D eigenvalue weighted by atomic mass is 10.2. The minimum absolute atomic E-state index is 0.141. The summed E-state index contributed by atoms with van der Waals surface area (Å²) in [5.74, 6) is 1.72. The van der Waals surface area contributed by atoms with Crippen molar-refractivity contribution < 1.29 is 4.79 Å². The molecule has 1 unspecified atom stereocenters. The normalized spacial score (nSPS) is 13.9. The molecule has 0 aliphatic carbocycles. The van der Waals surface area contributed by atoms with Crippen LogP contribution >= 0.6 is 23.2 Å². The van der Waals surface area contributed by atoms with Crippen LogP contribution in [-0.2, 0) is 6.42 Å².